The minimum atomic E-state index is -4.37. The molecule has 4 aromatic rings. The Labute approximate surface area is 156 Å². The van der Waals surface area contributed by atoms with Crippen molar-refractivity contribution >= 4 is 11.0 Å². The van der Waals surface area contributed by atoms with E-state index in [2.05, 4.69) is 9.97 Å². The molecule has 4 rings (SSSR count). The maximum Gasteiger partial charge on any atom is 0.416 e. The molecule has 0 aliphatic rings. The van der Waals surface area contributed by atoms with Crippen molar-refractivity contribution in [2.75, 3.05) is 0 Å². The summed E-state index contributed by atoms with van der Waals surface area (Å²) in [4.78, 5) is 7.22. The van der Waals surface area contributed by atoms with Crippen LogP contribution in [0.3, 0.4) is 0 Å². The second kappa shape index (κ2) is 6.70. The van der Waals surface area contributed by atoms with Crippen LogP contribution in [0.5, 0.6) is 0 Å². The first-order valence-corrected chi connectivity index (χ1v) is 8.30. The van der Waals surface area contributed by atoms with Crippen molar-refractivity contribution in [1.29, 1.82) is 0 Å². The van der Waals surface area contributed by atoms with Crippen LogP contribution in [0.25, 0.3) is 22.4 Å². The molecular weight excluding hydrogens is 377 g/mol. The summed E-state index contributed by atoms with van der Waals surface area (Å²) in [6.07, 6.45) is -0.948. The average molecular weight is 390 g/mol. The van der Waals surface area contributed by atoms with Crippen molar-refractivity contribution in [1.82, 2.24) is 9.97 Å². The molecule has 0 spiro atoms. The van der Waals surface area contributed by atoms with Crippen LogP contribution in [-0.4, -0.2) is 9.97 Å². The Hall–Kier alpha value is -3.29. The fourth-order valence-corrected chi connectivity index (χ4v) is 2.92. The Balaban J connectivity index is 1.62. The second-order valence-electron chi connectivity index (χ2n) is 6.30. The number of benzene rings is 2. The summed E-state index contributed by atoms with van der Waals surface area (Å²) >= 11 is 0. The van der Waals surface area contributed by atoms with E-state index in [-0.39, 0.29) is 11.4 Å². The van der Waals surface area contributed by atoms with Gasteiger partial charge in [-0.1, -0.05) is 18.2 Å². The van der Waals surface area contributed by atoms with E-state index in [4.69, 9.17) is 0 Å². The Bertz CT molecular complexity index is 1150. The molecule has 0 amide bonds. The van der Waals surface area contributed by atoms with Crippen LogP contribution >= 0.6 is 0 Å². The lowest BCUT2D eigenvalue weighted by molar-refractivity contribution is -0.687. The number of aromatic nitrogens is 3. The van der Waals surface area contributed by atoms with Crippen LogP contribution in [-0.2, 0) is 12.7 Å². The molecule has 0 radical (unpaired) electrons. The highest BCUT2D eigenvalue weighted by Crippen LogP contribution is 2.29. The first-order valence-electron chi connectivity index (χ1n) is 8.30. The fourth-order valence-electron chi connectivity index (χ4n) is 2.92. The maximum absolute atomic E-state index is 14.0. The minimum Gasteiger partial charge on any atom is -0.333 e. The fraction of sp³-hybridized carbons (Fsp3) is 0.100. The molecule has 0 bridgehead atoms. The lowest BCUT2D eigenvalue weighted by Crippen LogP contribution is -2.33. The number of hydrogen-bond acceptors (Lipinski definition) is 1. The van der Waals surface area contributed by atoms with Gasteiger partial charge in [-0.2, -0.15) is 17.7 Å². The van der Waals surface area contributed by atoms with Crippen LogP contribution < -0.4 is 4.57 Å². The van der Waals surface area contributed by atoms with Gasteiger partial charge in [0.25, 0.3) is 0 Å². The van der Waals surface area contributed by atoms with Gasteiger partial charge in [-0.15, -0.1) is 0 Å². The molecule has 0 fully saturated rings. The van der Waals surface area contributed by atoms with Crippen LogP contribution in [0.1, 0.15) is 11.1 Å². The molecule has 0 unspecified atom stereocenters. The maximum atomic E-state index is 14.0. The van der Waals surface area contributed by atoms with Crippen molar-refractivity contribution in [3.05, 3.63) is 83.7 Å². The molecule has 2 aromatic carbocycles. The molecule has 0 saturated carbocycles. The zero-order chi connectivity index (χ0) is 19.9. The molecule has 2 heterocycles. The highest BCUT2D eigenvalue weighted by atomic mass is 19.4. The minimum absolute atomic E-state index is 0.0190. The van der Waals surface area contributed by atoms with Gasteiger partial charge in [-0.05, 0) is 24.3 Å². The van der Waals surface area contributed by atoms with Crippen LogP contribution in [0, 0.1) is 11.6 Å². The molecule has 28 heavy (non-hydrogen) atoms. The third-order valence-electron chi connectivity index (χ3n) is 4.33. The van der Waals surface area contributed by atoms with E-state index >= 15 is 0 Å². The first kappa shape index (κ1) is 18.1. The highest BCUT2D eigenvalue weighted by Gasteiger charge is 2.30. The summed E-state index contributed by atoms with van der Waals surface area (Å²) in [5, 5.41) is 0. The number of H-pyrrole nitrogens is 1. The molecule has 2 aromatic heterocycles. The number of rotatable bonds is 3. The topological polar surface area (TPSA) is 32.6 Å². The van der Waals surface area contributed by atoms with Gasteiger partial charge >= 0.3 is 6.18 Å². The Morgan fingerprint density at radius 2 is 1.71 bits per heavy atom. The van der Waals surface area contributed by atoms with Gasteiger partial charge in [0.1, 0.15) is 16.9 Å². The zero-order valence-electron chi connectivity index (χ0n) is 14.3. The standard InChI is InChI=1S/C20H12F5N3/c21-15-3-1-2-14(18(15)22)19-26-16-8-9-28(11-17(16)27-19)10-12-4-6-13(7-5-12)20(23,24)25/h1-9,11H,10H2/p+1. The number of fused-ring (bicyclic) bond motifs is 1. The Kier molecular flexibility index (Phi) is 4.33. The molecule has 0 saturated heterocycles. The number of hydrogen-bond donors (Lipinski definition) is 1. The van der Waals surface area contributed by atoms with Gasteiger partial charge in [0.15, 0.2) is 30.6 Å². The van der Waals surface area contributed by atoms with Crippen molar-refractivity contribution in [3.8, 4) is 11.4 Å². The summed E-state index contributed by atoms with van der Waals surface area (Å²) in [6, 6.07) is 10.4. The van der Waals surface area contributed by atoms with Crippen molar-refractivity contribution in [3.63, 3.8) is 0 Å². The predicted octanol–water partition coefficient (Wildman–Crippen LogP) is 4.86. The molecule has 0 aliphatic carbocycles. The van der Waals surface area contributed by atoms with Gasteiger partial charge in [0.05, 0.1) is 11.1 Å². The number of nitrogens with one attached hydrogen (secondary N) is 1. The SMILES string of the molecule is Fc1cccc(-c2nc3cc[n+](Cc4ccc(C(F)(F)F)cc4)cc3[nH]2)c1F. The predicted molar refractivity (Wildman–Crippen MR) is 92.2 cm³/mol. The van der Waals surface area contributed by atoms with Crippen LogP contribution in [0.2, 0.25) is 0 Å². The summed E-state index contributed by atoms with van der Waals surface area (Å²) in [7, 11) is 0. The summed E-state index contributed by atoms with van der Waals surface area (Å²) in [5.74, 6) is -1.76. The quantitative estimate of drug-likeness (QED) is 0.393. The van der Waals surface area contributed by atoms with Crippen molar-refractivity contribution < 1.29 is 26.5 Å². The number of imidazole rings is 1. The molecule has 3 nitrogen and oxygen atoms in total. The summed E-state index contributed by atoms with van der Waals surface area (Å²) < 4.78 is 67.1. The van der Waals surface area contributed by atoms with Crippen molar-refractivity contribution in [2.24, 2.45) is 0 Å². The van der Waals surface area contributed by atoms with Crippen molar-refractivity contribution in [2.45, 2.75) is 12.7 Å². The largest absolute Gasteiger partial charge is 0.416 e. The molecule has 8 heteroatoms. The number of pyridine rings is 1. The van der Waals surface area contributed by atoms with E-state index in [0.29, 0.717) is 23.1 Å². The van der Waals surface area contributed by atoms with Gasteiger partial charge in [-0.3, -0.25) is 0 Å². The van der Waals surface area contributed by atoms with Crippen LogP contribution in [0.4, 0.5) is 22.0 Å². The lowest BCUT2D eigenvalue weighted by atomic mass is 10.1. The number of alkyl halides is 3. The third-order valence-corrected chi connectivity index (χ3v) is 4.33. The van der Waals surface area contributed by atoms with E-state index in [1.54, 1.807) is 23.0 Å². The average Bonchev–Trinajstić information content (AvgIpc) is 3.07. The Morgan fingerprint density at radius 3 is 2.43 bits per heavy atom. The van der Waals surface area contributed by atoms with Gasteiger partial charge in [0, 0.05) is 11.6 Å². The smallest absolute Gasteiger partial charge is 0.333 e. The van der Waals surface area contributed by atoms with E-state index in [0.717, 1.165) is 18.2 Å². The number of nitrogens with zero attached hydrogens (tertiary/aromatic N) is 2. The summed E-state index contributed by atoms with van der Waals surface area (Å²) in [6.45, 7) is 0.344. The van der Waals surface area contributed by atoms with E-state index < -0.39 is 23.4 Å². The monoisotopic (exact) mass is 390 g/mol. The molecule has 0 aliphatic heterocycles. The van der Waals surface area contributed by atoms with Crippen LogP contribution in [0.15, 0.2) is 60.9 Å². The summed E-state index contributed by atoms with van der Waals surface area (Å²) in [5.41, 5.74) is 1.15. The van der Waals surface area contributed by atoms with Gasteiger partial charge in [-0.25, -0.2) is 13.8 Å². The van der Waals surface area contributed by atoms with E-state index in [9.17, 15) is 22.0 Å². The lowest BCUT2D eigenvalue weighted by Gasteiger charge is -2.06. The van der Waals surface area contributed by atoms with E-state index in [1.165, 1.54) is 24.3 Å². The third kappa shape index (κ3) is 3.45. The first-order chi connectivity index (χ1) is 13.3. The molecule has 1 N–H and O–H groups in total. The molecular formula is C20H13F5N3+. The number of aromatic amines is 1. The molecule has 142 valence electrons. The number of halogens is 5. The molecule has 0 atom stereocenters. The zero-order valence-corrected chi connectivity index (χ0v) is 14.3. The van der Waals surface area contributed by atoms with E-state index in [1.807, 2.05) is 0 Å². The second-order valence-corrected chi connectivity index (χ2v) is 6.30. The normalized spacial score (nSPS) is 11.9. The highest BCUT2D eigenvalue weighted by molar-refractivity contribution is 5.77. The Morgan fingerprint density at radius 1 is 0.964 bits per heavy atom. The van der Waals surface area contributed by atoms with Gasteiger partial charge < -0.3 is 4.98 Å². The van der Waals surface area contributed by atoms with Gasteiger partial charge in [0.2, 0.25) is 0 Å².